The van der Waals surface area contributed by atoms with E-state index < -0.39 is 0 Å². The molecule has 0 fully saturated rings. The van der Waals surface area contributed by atoms with E-state index in [1.165, 1.54) is 13.8 Å². The summed E-state index contributed by atoms with van der Waals surface area (Å²) in [5.74, 6) is -0.875. The third kappa shape index (κ3) is 51.3. The number of hydrogen-bond donors (Lipinski definition) is 0. The van der Waals surface area contributed by atoms with E-state index in [1.807, 2.05) is 0 Å². The maximum atomic E-state index is 9.99. The second-order valence-electron chi connectivity index (χ2n) is 2.83. The van der Waals surface area contributed by atoms with Gasteiger partial charge in [-0.2, -0.15) is 0 Å². The Labute approximate surface area is 119 Å². The van der Waals surface area contributed by atoms with Gasteiger partial charge in [0.1, 0.15) is 11.6 Å². The van der Waals surface area contributed by atoms with Crippen molar-refractivity contribution >= 4 is 23.1 Å². The van der Waals surface area contributed by atoms with Crippen LogP contribution < -0.4 is 0 Å². The van der Waals surface area contributed by atoms with E-state index in [0.29, 0.717) is 0 Å². The third-order valence-electron chi connectivity index (χ3n) is 0.892. The Kier molecular flexibility index (Phi) is 30.7. The summed E-state index contributed by atoms with van der Waals surface area (Å²) in [5, 5.41) is 0. The molecule has 17 heavy (non-hydrogen) atoms. The molecule has 5 heteroatoms. The molecular weight excluding hydrogens is 256 g/mol. The molecule has 0 aliphatic heterocycles. The SMILES string of the molecule is [CH2-]C(=O)CC(C)=O.[CH2-]C(=O)CC(C)=O.[CH3-].[CH3-].[Ti+4]. The molecule has 0 unspecified atom stereocenters. The molecule has 96 valence electrons. The average Bonchev–Trinajstić information content (AvgIpc) is 1.79. The Morgan fingerprint density at radius 1 is 0.765 bits per heavy atom. The molecule has 0 aromatic rings. The number of ketones is 4. The minimum atomic E-state index is -0.312. The predicted octanol–water partition coefficient (Wildman–Crippen LogP) is 1.64. The molecule has 0 N–H and O–H groups in total. The van der Waals surface area contributed by atoms with Gasteiger partial charge in [-0.05, 0) is 13.8 Å². The molecule has 0 spiro atoms. The monoisotopic (exact) mass is 276 g/mol. The van der Waals surface area contributed by atoms with Crippen LogP contribution in [-0.4, -0.2) is 23.1 Å². The largest absolute Gasteiger partial charge is 4.00 e. The molecule has 0 saturated heterocycles. The van der Waals surface area contributed by atoms with Gasteiger partial charge in [-0.25, -0.2) is 0 Å². The van der Waals surface area contributed by atoms with Crippen LogP contribution in [-0.2, 0) is 40.9 Å². The maximum Gasteiger partial charge on any atom is 4.00 e. The van der Waals surface area contributed by atoms with Gasteiger partial charge in [0.05, 0.1) is 0 Å². The fourth-order valence-corrected chi connectivity index (χ4v) is 0.555. The molecule has 4 nitrogen and oxygen atoms in total. The summed E-state index contributed by atoms with van der Waals surface area (Å²) in [6.45, 7) is 8.77. The van der Waals surface area contributed by atoms with Gasteiger partial charge in [-0.15, -0.1) is 0 Å². The number of Topliss-reactive ketones (excluding diaryl/α,β-unsaturated/α-hetero) is 4. The van der Waals surface area contributed by atoms with Crippen LogP contribution in [0.2, 0.25) is 0 Å². The molecule has 0 rings (SSSR count). The van der Waals surface area contributed by atoms with Crippen molar-refractivity contribution < 1.29 is 40.9 Å². The van der Waals surface area contributed by atoms with Crippen molar-refractivity contribution in [2.45, 2.75) is 26.7 Å². The van der Waals surface area contributed by atoms with Gasteiger partial charge in [-0.3, -0.25) is 9.59 Å². The summed E-state index contributed by atoms with van der Waals surface area (Å²) in [6.07, 6.45) is -0.0556. The number of rotatable bonds is 4. The van der Waals surface area contributed by atoms with E-state index in [1.54, 1.807) is 0 Å². The van der Waals surface area contributed by atoms with E-state index in [2.05, 4.69) is 13.8 Å². The quantitative estimate of drug-likeness (QED) is 0.444. The Bertz CT molecular complexity index is 197. The van der Waals surface area contributed by atoms with Crippen molar-refractivity contribution in [3.8, 4) is 0 Å². The summed E-state index contributed by atoms with van der Waals surface area (Å²) in [7, 11) is 0. The van der Waals surface area contributed by atoms with E-state index in [0.717, 1.165) is 0 Å². The standard InChI is InChI=1S/2C5H7O2.2CH3.Ti/c2*1-4(6)3-5(2)7;;;/h2*1,3H2,2H3;2*1H3;/q4*-1;+4. The van der Waals surface area contributed by atoms with Gasteiger partial charge in [0, 0.05) is 24.4 Å². The summed E-state index contributed by atoms with van der Waals surface area (Å²) in [5.41, 5.74) is 0. The second-order valence-corrected chi connectivity index (χ2v) is 2.83. The van der Waals surface area contributed by atoms with Crippen LogP contribution >= 0.6 is 0 Å². The van der Waals surface area contributed by atoms with E-state index in [-0.39, 0.29) is 72.5 Å². The molecule has 0 saturated carbocycles. The Hall–Kier alpha value is -0.866. The fourth-order valence-electron chi connectivity index (χ4n) is 0.555. The smallest absolute Gasteiger partial charge is 0.358 e. The van der Waals surface area contributed by atoms with Gasteiger partial charge < -0.3 is 38.3 Å². The third-order valence-corrected chi connectivity index (χ3v) is 0.892. The Morgan fingerprint density at radius 3 is 0.941 bits per heavy atom. The fraction of sp³-hybridized carbons (Fsp3) is 0.333. The van der Waals surface area contributed by atoms with Crippen molar-refractivity contribution in [3.63, 3.8) is 0 Å². The van der Waals surface area contributed by atoms with Crippen LogP contribution in [0.25, 0.3) is 0 Å². The first-order valence-electron chi connectivity index (χ1n) is 3.94. The number of carbonyl (C=O) groups is 4. The molecule has 0 aliphatic rings. The van der Waals surface area contributed by atoms with Gasteiger partial charge in [0.15, 0.2) is 0 Å². The van der Waals surface area contributed by atoms with Crippen molar-refractivity contribution in [1.29, 1.82) is 0 Å². The molecule has 0 aromatic heterocycles. The number of hydrogen-bond acceptors (Lipinski definition) is 4. The molecule has 0 amide bonds. The Balaban J connectivity index is -0.0000000480. The van der Waals surface area contributed by atoms with Crippen molar-refractivity contribution in [3.05, 3.63) is 28.7 Å². The minimum Gasteiger partial charge on any atom is -0.358 e. The van der Waals surface area contributed by atoms with Crippen molar-refractivity contribution in [2.75, 3.05) is 0 Å². The van der Waals surface area contributed by atoms with Crippen LogP contribution in [0.15, 0.2) is 0 Å². The summed E-state index contributed by atoms with van der Waals surface area (Å²) < 4.78 is 0. The van der Waals surface area contributed by atoms with E-state index in [4.69, 9.17) is 0 Å². The zero-order valence-electron chi connectivity index (χ0n) is 11.0. The van der Waals surface area contributed by atoms with Crippen molar-refractivity contribution in [1.82, 2.24) is 0 Å². The number of carbonyl (C=O) groups excluding carboxylic acids is 4. The topological polar surface area (TPSA) is 68.3 Å². The van der Waals surface area contributed by atoms with Crippen LogP contribution in [0.4, 0.5) is 0 Å². The molecule has 0 aliphatic carbocycles. The Morgan fingerprint density at radius 2 is 0.941 bits per heavy atom. The van der Waals surface area contributed by atoms with Crippen molar-refractivity contribution in [2.24, 2.45) is 0 Å². The predicted molar refractivity (Wildman–Crippen MR) is 64.2 cm³/mol. The van der Waals surface area contributed by atoms with Gasteiger partial charge >= 0.3 is 21.7 Å². The van der Waals surface area contributed by atoms with E-state index >= 15 is 0 Å². The first-order chi connectivity index (χ1) is 6.25. The summed E-state index contributed by atoms with van der Waals surface area (Å²) in [6, 6.07) is 0. The normalized spacial score (nSPS) is 6.71. The second kappa shape index (κ2) is 17.5. The van der Waals surface area contributed by atoms with Crippen LogP contribution in [0.1, 0.15) is 26.7 Å². The molecule has 0 radical (unpaired) electrons. The van der Waals surface area contributed by atoms with E-state index in [9.17, 15) is 19.2 Å². The first kappa shape index (κ1) is 29.8. The average molecular weight is 276 g/mol. The summed E-state index contributed by atoms with van der Waals surface area (Å²) in [4.78, 5) is 39.8. The zero-order chi connectivity index (χ0) is 11.7. The van der Waals surface area contributed by atoms with Crippen LogP contribution in [0.3, 0.4) is 0 Å². The van der Waals surface area contributed by atoms with Crippen LogP contribution in [0.5, 0.6) is 0 Å². The van der Waals surface area contributed by atoms with Crippen LogP contribution in [0, 0.1) is 28.7 Å². The molecular formula is C12H20O4Ti. The van der Waals surface area contributed by atoms with Gasteiger partial charge in [0.25, 0.3) is 0 Å². The van der Waals surface area contributed by atoms with Gasteiger partial charge in [-0.1, -0.05) is 0 Å². The minimum absolute atomic E-state index is 0. The molecule has 0 heterocycles. The zero-order valence-corrected chi connectivity index (χ0v) is 12.5. The van der Waals surface area contributed by atoms with Gasteiger partial charge in [0.2, 0.25) is 0 Å². The molecule has 0 aromatic carbocycles. The first-order valence-corrected chi connectivity index (χ1v) is 3.94. The molecule has 0 atom stereocenters. The maximum absolute atomic E-state index is 9.99. The summed E-state index contributed by atoms with van der Waals surface area (Å²) >= 11 is 0. The molecule has 0 bridgehead atoms.